The van der Waals surface area contributed by atoms with Crippen LogP contribution in [-0.2, 0) is 14.3 Å². The summed E-state index contributed by atoms with van der Waals surface area (Å²) in [5.41, 5.74) is 3.21. The first-order chi connectivity index (χ1) is 11.5. The predicted octanol–water partition coefficient (Wildman–Crippen LogP) is 3.65. The number of hydrogen-bond acceptors (Lipinski definition) is 4. The highest BCUT2D eigenvalue weighted by atomic mass is 16.6. The van der Waals surface area contributed by atoms with Gasteiger partial charge in [0.2, 0.25) is 0 Å². The van der Waals surface area contributed by atoms with Crippen LogP contribution in [0.3, 0.4) is 0 Å². The molecule has 3 unspecified atom stereocenters. The number of esters is 1. The molecule has 3 rings (SSSR count). The van der Waals surface area contributed by atoms with Gasteiger partial charge in [0.1, 0.15) is 12.3 Å². The molecule has 0 spiro atoms. The lowest BCUT2D eigenvalue weighted by atomic mass is 9.88. The normalized spacial score (nSPS) is 29.4. The van der Waals surface area contributed by atoms with Crippen LogP contribution < -0.4 is 5.32 Å². The number of hydrogen-bond donors (Lipinski definition) is 1. The Morgan fingerprint density at radius 1 is 1.38 bits per heavy atom. The van der Waals surface area contributed by atoms with Gasteiger partial charge in [-0.1, -0.05) is 18.2 Å². The Morgan fingerprint density at radius 3 is 2.92 bits per heavy atom. The number of ether oxygens (including phenoxy) is 2. The molecule has 0 aromatic carbocycles. The molecule has 1 saturated carbocycles. The molecule has 3 aliphatic rings. The SMILES string of the molecule is C=C1C(=O)OC2C=C(C)CCC=C(COC(C)NC3CC3)CCC12. The van der Waals surface area contributed by atoms with Crippen molar-refractivity contribution in [2.24, 2.45) is 5.92 Å². The molecule has 0 aromatic heterocycles. The van der Waals surface area contributed by atoms with Crippen molar-refractivity contribution >= 4 is 5.97 Å². The highest BCUT2D eigenvalue weighted by Gasteiger charge is 2.37. The maximum Gasteiger partial charge on any atom is 0.334 e. The van der Waals surface area contributed by atoms with Crippen LogP contribution in [0.1, 0.15) is 52.4 Å². The summed E-state index contributed by atoms with van der Waals surface area (Å²) in [7, 11) is 0. The number of carbonyl (C=O) groups excluding carboxylic acids is 1. The van der Waals surface area contributed by atoms with Crippen molar-refractivity contribution in [1.82, 2.24) is 5.32 Å². The van der Waals surface area contributed by atoms with E-state index in [4.69, 9.17) is 9.47 Å². The Labute approximate surface area is 145 Å². The largest absolute Gasteiger partial charge is 0.454 e. The van der Waals surface area contributed by atoms with Gasteiger partial charge in [0, 0.05) is 17.5 Å². The van der Waals surface area contributed by atoms with Crippen LogP contribution in [0, 0.1) is 5.92 Å². The standard InChI is InChI=1S/C20H29NO3/c1-13-5-4-6-16(12-23-15(3)21-17-8-9-17)7-10-18-14(2)20(22)24-19(18)11-13/h6,11,15,17-19,21H,2,4-5,7-10,12H2,1,3H3. The van der Waals surface area contributed by atoms with Crippen LogP contribution in [0.5, 0.6) is 0 Å². The fourth-order valence-electron chi connectivity index (χ4n) is 3.42. The van der Waals surface area contributed by atoms with Crippen LogP contribution in [-0.4, -0.2) is 30.9 Å². The van der Waals surface area contributed by atoms with Gasteiger partial charge < -0.3 is 9.47 Å². The molecule has 4 nitrogen and oxygen atoms in total. The monoisotopic (exact) mass is 331 g/mol. The third-order valence-corrected chi connectivity index (χ3v) is 5.11. The van der Waals surface area contributed by atoms with E-state index in [1.54, 1.807) is 0 Å². The van der Waals surface area contributed by atoms with Crippen molar-refractivity contribution < 1.29 is 14.3 Å². The fourth-order valence-corrected chi connectivity index (χ4v) is 3.42. The van der Waals surface area contributed by atoms with E-state index in [-0.39, 0.29) is 24.2 Å². The Kier molecular flexibility index (Phi) is 5.57. The van der Waals surface area contributed by atoms with Crippen molar-refractivity contribution in [2.45, 2.75) is 70.7 Å². The predicted molar refractivity (Wildman–Crippen MR) is 94.4 cm³/mol. The average Bonchev–Trinajstić information content (AvgIpc) is 3.30. The molecular weight excluding hydrogens is 302 g/mol. The highest BCUT2D eigenvalue weighted by molar-refractivity contribution is 5.91. The number of nitrogens with one attached hydrogen (secondary N) is 1. The first-order valence-electron chi connectivity index (χ1n) is 9.15. The number of carbonyl (C=O) groups is 1. The molecule has 1 heterocycles. The van der Waals surface area contributed by atoms with Crippen molar-refractivity contribution in [3.63, 3.8) is 0 Å². The lowest BCUT2D eigenvalue weighted by molar-refractivity contribution is -0.137. The summed E-state index contributed by atoms with van der Waals surface area (Å²) in [6.45, 7) is 8.79. The van der Waals surface area contributed by atoms with Gasteiger partial charge >= 0.3 is 5.97 Å². The second-order valence-corrected chi connectivity index (χ2v) is 7.35. The van der Waals surface area contributed by atoms with Gasteiger partial charge in [0.05, 0.1) is 6.61 Å². The second kappa shape index (κ2) is 7.66. The van der Waals surface area contributed by atoms with Gasteiger partial charge in [-0.05, 0) is 64.0 Å². The zero-order chi connectivity index (χ0) is 17.1. The second-order valence-electron chi connectivity index (χ2n) is 7.35. The molecule has 4 heteroatoms. The smallest absolute Gasteiger partial charge is 0.334 e. The van der Waals surface area contributed by atoms with Crippen LogP contribution in [0.25, 0.3) is 0 Å². The van der Waals surface area contributed by atoms with Gasteiger partial charge in [0.15, 0.2) is 0 Å². The summed E-state index contributed by atoms with van der Waals surface area (Å²) in [6, 6.07) is 0.650. The minimum absolute atomic E-state index is 0.0922. The van der Waals surface area contributed by atoms with E-state index < -0.39 is 0 Å². The third kappa shape index (κ3) is 4.58. The van der Waals surface area contributed by atoms with Gasteiger partial charge in [0.25, 0.3) is 0 Å². The minimum atomic E-state index is -0.239. The molecule has 1 N–H and O–H groups in total. The zero-order valence-electron chi connectivity index (χ0n) is 14.8. The van der Waals surface area contributed by atoms with Crippen LogP contribution >= 0.6 is 0 Å². The summed E-state index contributed by atoms with van der Waals surface area (Å²) in [6.07, 6.45) is 10.7. The average molecular weight is 331 g/mol. The molecule has 0 radical (unpaired) electrons. The number of rotatable bonds is 5. The highest BCUT2D eigenvalue weighted by Crippen LogP contribution is 2.34. The topological polar surface area (TPSA) is 47.6 Å². The summed E-state index contributed by atoms with van der Waals surface area (Å²) >= 11 is 0. The van der Waals surface area contributed by atoms with Crippen LogP contribution in [0.4, 0.5) is 0 Å². The van der Waals surface area contributed by atoms with Gasteiger partial charge in [-0.2, -0.15) is 0 Å². The van der Waals surface area contributed by atoms with E-state index in [0.29, 0.717) is 18.2 Å². The lowest BCUT2D eigenvalue weighted by Gasteiger charge is -2.20. The van der Waals surface area contributed by atoms with Crippen LogP contribution in [0.2, 0.25) is 0 Å². The van der Waals surface area contributed by atoms with E-state index in [2.05, 4.69) is 37.9 Å². The molecule has 3 atom stereocenters. The maximum atomic E-state index is 11.9. The molecule has 0 aromatic rings. The summed E-state index contributed by atoms with van der Waals surface area (Å²) in [5, 5.41) is 3.46. The maximum absolute atomic E-state index is 11.9. The fraction of sp³-hybridized carbons (Fsp3) is 0.650. The van der Waals surface area contributed by atoms with E-state index in [9.17, 15) is 4.79 Å². The van der Waals surface area contributed by atoms with Crippen LogP contribution in [0.15, 0.2) is 35.5 Å². The lowest BCUT2D eigenvalue weighted by Crippen LogP contribution is -2.31. The zero-order valence-corrected chi connectivity index (χ0v) is 14.8. The number of fused-ring (bicyclic) bond motifs is 1. The Hall–Kier alpha value is -1.39. The van der Waals surface area contributed by atoms with E-state index >= 15 is 0 Å². The molecule has 24 heavy (non-hydrogen) atoms. The molecule has 2 fully saturated rings. The Balaban J connectivity index is 1.60. The third-order valence-electron chi connectivity index (χ3n) is 5.11. The summed E-state index contributed by atoms with van der Waals surface area (Å²) in [4.78, 5) is 11.9. The Bertz CT molecular complexity index is 559. The summed E-state index contributed by atoms with van der Waals surface area (Å²) < 4.78 is 11.5. The van der Waals surface area contributed by atoms with Gasteiger partial charge in [-0.3, -0.25) is 5.32 Å². The van der Waals surface area contributed by atoms with Crippen molar-refractivity contribution in [1.29, 1.82) is 0 Å². The summed E-state index contributed by atoms with van der Waals surface area (Å²) in [5.74, 6) is -0.145. The molecule has 0 bridgehead atoms. The van der Waals surface area contributed by atoms with E-state index in [1.165, 1.54) is 24.0 Å². The van der Waals surface area contributed by atoms with Gasteiger partial charge in [-0.15, -0.1) is 0 Å². The molecule has 1 saturated heterocycles. The molecule has 1 aliphatic heterocycles. The Morgan fingerprint density at radius 2 is 2.17 bits per heavy atom. The van der Waals surface area contributed by atoms with Gasteiger partial charge in [-0.25, -0.2) is 4.79 Å². The van der Waals surface area contributed by atoms with Crippen molar-refractivity contribution in [3.8, 4) is 0 Å². The quantitative estimate of drug-likeness (QED) is 0.362. The minimum Gasteiger partial charge on any atom is -0.454 e. The molecule has 132 valence electrons. The van der Waals surface area contributed by atoms with Crippen molar-refractivity contribution in [2.75, 3.05) is 6.61 Å². The first kappa shape index (κ1) is 17.4. The molecular formula is C20H29NO3. The van der Waals surface area contributed by atoms with E-state index in [1.807, 2.05) is 0 Å². The number of allylic oxidation sites excluding steroid dienone is 2. The van der Waals surface area contributed by atoms with E-state index in [0.717, 1.165) is 25.7 Å². The first-order valence-corrected chi connectivity index (χ1v) is 9.15. The molecule has 0 amide bonds. The molecule has 2 aliphatic carbocycles. The van der Waals surface area contributed by atoms with Crippen molar-refractivity contribution in [3.05, 3.63) is 35.5 Å².